The number of amides is 1. The van der Waals surface area contributed by atoms with Crippen LogP contribution in [0.3, 0.4) is 0 Å². The number of rotatable bonds is 5. The zero-order valence-electron chi connectivity index (χ0n) is 14.0. The zero-order valence-corrected chi connectivity index (χ0v) is 14.7. The van der Waals surface area contributed by atoms with Gasteiger partial charge in [0.1, 0.15) is 17.6 Å². The first-order valence-electron chi connectivity index (χ1n) is 8.07. The van der Waals surface area contributed by atoms with Crippen LogP contribution in [0.5, 0.6) is 11.5 Å². The summed E-state index contributed by atoms with van der Waals surface area (Å²) >= 11 is 5.84. The molecule has 1 fully saturated rings. The maximum Gasteiger partial charge on any atom is 0.260 e. The lowest BCUT2D eigenvalue weighted by atomic mass is 10.1. The largest absolute Gasteiger partial charge is 0.497 e. The first-order valence-corrected chi connectivity index (χ1v) is 8.45. The molecule has 0 aromatic heterocycles. The molecule has 1 atom stereocenters. The van der Waals surface area contributed by atoms with Gasteiger partial charge in [-0.1, -0.05) is 23.7 Å². The predicted molar refractivity (Wildman–Crippen MR) is 95.2 cm³/mol. The molecular weight excluding hydrogens is 342 g/mol. The summed E-state index contributed by atoms with van der Waals surface area (Å²) in [5.41, 5.74) is 1.02. The Hall–Kier alpha value is -2.24. The van der Waals surface area contributed by atoms with Crippen LogP contribution in [0.2, 0.25) is 5.02 Å². The second-order valence-corrected chi connectivity index (χ2v) is 6.15. The topological polar surface area (TPSA) is 48.0 Å². The summed E-state index contributed by atoms with van der Waals surface area (Å²) in [4.78, 5) is 14.2. The molecule has 0 N–H and O–H groups in total. The van der Waals surface area contributed by atoms with E-state index in [1.54, 1.807) is 36.3 Å². The second-order valence-electron chi connectivity index (χ2n) is 5.71. The van der Waals surface area contributed by atoms with Crippen LogP contribution in [0, 0.1) is 0 Å². The summed E-state index contributed by atoms with van der Waals surface area (Å²) in [6, 6.07) is 14.7. The molecule has 1 amide bonds. The fourth-order valence-electron chi connectivity index (χ4n) is 2.66. The fourth-order valence-corrected chi connectivity index (χ4v) is 2.79. The molecule has 6 heteroatoms. The number of carbonyl (C=O) groups excluding carboxylic acids is 1. The zero-order chi connectivity index (χ0) is 17.6. The SMILES string of the molecule is COc1ccc(C2CN(C(=O)COc3ccc(Cl)cc3)CCO2)cc1. The Bertz CT molecular complexity index is 702. The lowest BCUT2D eigenvalue weighted by Gasteiger charge is -2.33. The Morgan fingerprint density at radius 3 is 2.52 bits per heavy atom. The molecule has 2 aromatic rings. The number of methoxy groups -OCH3 is 1. The number of hydrogen-bond acceptors (Lipinski definition) is 4. The molecule has 0 bridgehead atoms. The van der Waals surface area contributed by atoms with Crippen LogP contribution in [0.15, 0.2) is 48.5 Å². The summed E-state index contributed by atoms with van der Waals surface area (Å²) in [5, 5.41) is 0.634. The van der Waals surface area contributed by atoms with Gasteiger partial charge < -0.3 is 19.1 Å². The smallest absolute Gasteiger partial charge is 0.260 e. The molecule has 1 saturated heterocycles. The third-order valence-corrected chi connectivity index (χ3v) is 4.33. The van der Waals surface area contributed by atoms with Crippen LogP contribution in [0.1, 0.15) is 11.7 Å². The van der Waals surface area contributed by atoms with Crippen LogP contribution in [-0.2, 0) is 9.53 Å². The van der Waals surface area contributed by atoms with E-state index in [1.165, 1.54) is 0 Å². The average Bonchev–Trinajstić information content (AvgIpc) is 2.67. The van der Waals surface area contributed by atoms with Crippen molar-refractivity contribution >= 4 is 17.5 Å². The Morgan fingerprint density at radius 1 is 1.16 bits per heavy atom. The molecule has 0 radical (unpaired) electrons. The molecule has 1 heterocycles. The number of carbonyl (C=O) groups is 1. The van der Waals surface area contributed by atoms with Crippen molar-refractivity contribution in [3.63, 3.8) is 0 Å². The van der Waals surface area contributed by atoms with Crippen molar-refractivity contribution in [2.75, 3.05) is 33.4 Å². The Balaban J connectivity index is 1.56. The third-order valence-electron chi connectivity index (χ3n) is 4.08. The molecule has 1 aliphatic rings. The van der Waals surface area contributed by atoms with Crippen molar-refractivity contribution < 1.29 is 19.0 Å². The fraction of sp³-hybridized carbons (Fsp3) is 0.316. The van der Waals surface area contributed by atoms with Gasteiger partial charge in [-0.25, -0.2) is 0 Å². The Morgan fingerprint density at radius 2 is 1.84 bits per heavy atom. The van der Waals surface area contributed by atoms with E-state index in [0.29, 0.717) is 30.5 Å². The summed E-state index contributed by atoms with van der Waals surface area (Å²) in [6.07, 6.45) is -0.140. The number of morpholine rings is 1. The van der Waals surface area contributed by atoms with E-state index < -0.39 is 0 Å². The predicted octanol–water partition coefficient (Wildman–Crippen LogP) is 3.33. The maximum absolute atomic E-state index is 12.4. The molecule has 3 rings (SSSR count). The highest BCUT2D eigenvalue weighted by atomic mass is 35.5. The van der Waals surface area contributed by atoms with Gasteiger partial charge in [-0.2, -0.15) is 0 Å². The number of hydrogen-bond donors (Lipinski definition) is 0. The minimum Gasteiger partial charge on any atom is -0.497 e. The van der Waals surface area contributed by atoms with Gasteiger partial charge in [0, 0.05) is 11.6 Å². The second kappa shape index (κ2) is 8.23. The molecule has 1 unspecified atom stereocenters. The number of benzene rings is 2. The van der Waals surface area contributed by atoms with Gasteiger partial charge in [-0.15, -0.1) is 0 Å². The minimum absolute atomic E-state index is 0.00301. The van der Waals surface area contributed by atoms with E-state index in [0.717, 1.165) is 11.3 Å². The van der Waals surface area contributed by atoms with Crippen molar-refractivity contribution in [1.82, 2.24) is 4.90 Å². The van der Waals surface area contributed by atoms with Gasteiger partial charge in [-0.3, -0.25) is 4.79 Å². The standard InChI is InChI=1S/C19H20ClNO4/c1-23-16-6-2-14(3-7-16)18-12-21(10-11-24-18)19(22)13-25-17-8-4-15(20)5-9-17/h2-9,18H,10-13H2,1H3. The molecule has 0 saturated carbocycles. The van der Waals surface area contributed by atoms with Crippen LogP contribution >= 0.6 is 11.6 Å². The first kappa shape index (κ1) is 17.6. The molecule has 25 heavy (non-hydrogen) atoms. The van der Waals surface area contributed by atoms with Gasteiger partial charge >= 0.3 is 0 Å². The van der Waals surface area contributed by atoms with E-state index in [-0.39, 0.29) is 18.6 Å². The molecular formula is C19H20ClNO4. The highest BCUT2D eigenvalue weighted by molar-refractivity contribution is 6.30. The van der Waals surface area contributed by atoms with Gasteiger partial charge in [0.05, 0.1) is 20.3 Å². The van der Waals surface area contributed by atoms with Gasteiger partial charge in [0.25, 0.3) is 5.91 Å². The van der Waals surface area contributed by atoms with Gasteiger partial charge in [0.15, 0.2) is 6.61 Å². The highest BCUT2D eigenvalue weighted by Crippen LogP contribution is 2.24. The first-order chi connectivity index (χ1) is 12.2. The van der Waals surface area contributed by atoms with E-state index in [4.69, 9.17) is 25.8 Å². The molecule has 0 spiro atoms. The van der Waals surface area contributed by atoms with Crippen molar-refractivity contribution in [1.29, 1.82) is 0 Å². The summed E-state index contributed by atoms with van der Waals surface area (Å²) in [5.74, 6) is 1.36. The summed E-state index contributed by atoms with van der Waals surface area (Å²) < 4.78 is 16.5. The van der Waals surface area contributed by atoms with Crippen molar-refractivity contribution in [3.05, 3.63) is 59.1 Å². The van der Waals surface area contributed by atoms with Crippen LogP contribution in [0.4, 0.5) is 0 Å². The van der Waals surface area contributed by atoms with E-state index in [2.05, 4.69) is 0 Å². The van der Waals surface area contributed by atoms with E-state index in [1.807, 2.05) is 24.3 Å². The quantitative estimate of drug-likeness (QED) is 0.819. The van der Waals surface area contributed by atoms with Gasteiger partial charge in [0.2, 0.25) is 0 Å². The molecule has 132 valence electrons. The highest BCUT2D eigenvalue weighted by Gasteiger charge is 2.25. The molecule has 0 aliphatic carbocycles. The molecule has 5 nitrogen and oxygen atoms in total. The van der Waals surface area contributed by atoms with Crippen molar-refractivity contribution in [2.24, 2.45) is 0 Å². The monoisotopic (exact) mass is 361 g/mol. The van der Waals surface area contributed by atoms with E-state index in [9.17, 15) is 4.79 Å². The summed E-state index contributed by atoms with van der Waals surface area (Å²) in [7, 11) is 1.63. The normalized spacial score (nSPS) is 17.2. The maximum atomic E-state index is 12.4. The average molecular weight is 362 g/mol. The summed E-state index contributed by atoms with van der Waals surface area (Å²) in [6.45, 7) is 1.57. The Kier molecular flexibility index (Phi) is 5.79. The third kappa shape index (κ3) is 4.65. The lowest BCUT2D eigenvalue weighted by molar-refractivity contribution is -0.141. The molecule has 1 aliphatic heterocycles. The van der Waals surface area contributed by atoms with E-state index >= 15 is 0 Å². The lowest BCUT2D eigenvalue weighted by Crippen LogP contribution is -2.44. The number of nitrogens with zero attached hydrogens (tertiary/aromatic N) is 1. The number of halogens is 1. The van der Waals surface area contributed by atoms with Gasteiger partial charge in [-0.05, 0) is 42.0 Å². The van der Waals surface area contributed by atoms with Crippen LogP contribution in [-0.4, -0.2) is 44.2 Å². The van der Waals surface area contributed by atoms with Crippen molar-refractivity contribution in [3.8, 4) is 11.5 Å². The molecule has 2 aromatic carbocycles. The minimum atomic E-state index is -0.140. The van der Waals surface area contributed by atoms with Crippen molar-refractivity contribution in [2.45, 2.75) is 6.10 Å². The number of ether oxygens (including phenoxy) is 3. The van der Waals surface area contributed by atoms with Crippen LogP contribution < -0.4 is 9.47 Å². The Labute approximate surface area is 152 Å². The van der Waals surface area contributed by atoms with Crippen LogP contribution in [0.25, 0.3) is 0 Å².